The fourth-order valence-electron chi connectivity index (χ4n) is 3.82. The molecule has 1 saturated carbocycles. The number of hydrogen-bond acceptors (Lipinski definition) is 6. The predicted octanol–water partition coefficient (Wildman–Crippen LogP) is 4.34. The molecule has 1 aliphatic rings. The van der Waals surface area contributed by atoms with Crippen LogP contribution in [0.4, 0.5) is 5.82 Å². The molecule has 144 valence electrons. The van der Waals surface area contributed by atoms with Crippen molar-refractivity contribution < 1.29 is 9.84 Å². The van der Waals surface area contributed by atoms with Crippen LogP contribution >= 0.6 is 11.3 Å². The van der Waals surface area contributed by atoms with Crippen molar-refractivity contribution in [3.05, 3.63) is 42.6 Å². The van der Waals surface area contributed by atoms with Gasteiger partial charge in [-0.3, -0.25) is 0 Å². The van der Waals surface area contributed by atoms with E-state index in [1.54, 1.807) is 18.4 Å². The van der Waals surface area contributed by atoms with Crippen LogP contribution in [0.5, 0.6) is 5.75 Å². The van der Waals surface area contributed by atoms with Crippen molar-refractivity contribution in [3.63, 3.8) is 0 Å². The summed E-state index contributed by atoms with van der Waals surface area (Å²) in [4.78, 5) is 5.64. The average Bonchev–Trinajstić information content (AvgIpc) is 3.32. The lowest BCUT2D eigenvalue weighted by Gasteiger charge is -2.26. The first-order valence-corrected chi connectivity index (χ1v) is 10.4. The van der Waals surface area contributed by atoms with Gasteiger partial charge in [-0.2, -0.15) is 0 Å². The van der Waals surface area contributed by atoms with Gasteiger partial charge in [-0.05, 0) is 67.5 Å². The van der Waals surface area contributed by atoms with Gasteiger partial charge in [0, 0.05) is 10.7 Å². The molecule has 0 aliphatic heterocycles. The zero-order valence-corrected chi connectivity index (χ0v) is 16.4. The van der Waals surface area contributed by atoms with Gasteiger partial charge in [-0.15, -0.1) is 16.4 Å². The third-order valence-electron chi connectivity index (χ3n) is 5.39. The van der Waals surface area contributed by atoms with Gasteiger partial charge in [0.25, 0.3) is 0 Å². The maximum Gasteiger partial charge on any atom is 0.154 e. The number of thiophene rings is 1. The number of hydrogen-bond donors (Lipinski definition) is 2. The minimum absolute atomic E-state index is 0.152. The Morgan fingerprint density at radius 1 is 1.14 bits per heavy atom. The second-order valence-corrected chi connectivity index (χ2v) is 8.38. The van der Waals surface area contributed by atoms with Crippen molar-refractivity contribution in [1.82, 2.24) is 14.6 Å². The van der Waals surface area contributed by atoms with Gasteiger partial charge in [0.2, 0.25) is 0 Å². The largest absolute Gasteiger partial charge is 0.497 e. The molecule has 0 saturated heterocycles. The fourth-order valence-corrected chi connectivity index (χ4v) is 4.86. The molecule has 1 fully saturated rings. The molecule has 7 heteroatoms. The number of anilines is 1. The summed E-state index contributed by atoms with van der Waals surface area (Å²) in [5.41, 5.74) is 1.81. The summed E-state index contributed by atoms with van der Waals surface area (Å²) in [5.74, 6) is 1.70. The molecule has 0 radical (unpaired) electrons. The molecule has 0 atom stereocenters. The Bertz CT molecular complexity index is 1130. The number of imidazole rings is 1. The van der Waals surface area contributed by atoms with E-state index in [2.05, 4.69) is 28.5 Å². The number of aliphatic hydroxyl groups is 1. The second kappa shape index (κ2) is 7.07. The summed E-state index contributed by atoms with van der Waals surface area (Å²) >= 11 is 1.73. The van der Waals surface area contributed by atoms with Gasteiger partial charge in [-0.25, -0.2) is 9.50 Å². The van der Waals surface area contributed by atoms with Gasteiger partial charge in [0.1, 0.15) is 17.3 Å². The molecule has 6 nitrogen and oxygen atoms in total. The number of benzene rings is 1. The molecule has 0 spiro atoms. The lowest BCUT2D eigenvalue weighted by atomic mass is 9.93. The molecule has 0 unspecified atom stereocenters. The van der Waals surface area contributed by atoms with E-state index in [1.165, 1.54) is 4.70 Å². The van der Waals surface area contributed by atoms with Crippen molar-refractivity contribution in [2.75, 3.05) is 12.4 Å². The van der Waals surface area contributed by atoms with E-state index in [0.29, 0.717) is 6.04 Å². The Hall–Kier alpha value is -2.64. The molecule has 1 aliphatic carbocycles. The predicted molar refractivity (Wildman–Crippen MR) is 112 cm³/mol. The zero-order chi connectivity index (χ0) is 19.1. The quantitative estimate of drug-likeness (QED) is 0.539. The van der Waals surface area contributed by atoms with Gasteiger partial charge in [0.15, 0.2) is 5.65 Å². The number of ether oxygens (including phenoxy) is 1. The van der Waals surface area contributed by atoms with E-state index in [4.69, 9.17) is 9.84 Å². The van der Waals surface area contributed by atoms with Crippen molar-refractivity contribution >= 4 is 32.9 Å². The number of nitrogens with zero attached hydrogens (tertiary/aromatic N) is 3. The summed E-state index contributed by atoms with van der Waals surface area (Å²) in [6, 6.07) is 12.6. The molecule has 0 amide bonds. The maximum atomic E-state index is 9.70. The molecule has 2 N–H and O–H groups in total. The van der Waals surface area contributed by atoms with Crippen LogP contribution in [0.15, 0.2) is 42.6 Å². The third-order valence-corrected chi connectivity index (χ3v) is 6.53. The third kappa shape index (κ3) is 3.21. The molecule has 5 rings (SSSR count). The van der Waals surface area contributed by atoms with Crippen LogP contribution in [0.25, 0.3) is 26.3 Å². The summed E-state index contributed by atoms with van der Waals surface area (Å²) in [6.07, 6.45) is 5.36. The minimum Gasteiger partial charge on any atom is -0.497 e. The highest BCUT2D eigenvalue weighted by molar-refractivity contribution is 7.22. The fraction of sp³-hybridized carbons (Fsp3) is 0.333. The van der Waals surface area contributed by atoms with E-state index in [1.807, 2.05) is 28.9 Å². The van der Waals surface area contributed by atoms with Crippen LogP contribution < -0.4 is 10.1 Å². The van der Waals surface area contributed by atoms with E-state index in [9.17, 15) is 5.11 Å². The SMILES string of the molecule is COc1ccc2sc(-c3cnc4ccc(NC5CCC(O)CC5)nn34)cc2c1. The molecule has 1 aromatic carbocycles. The first-order valence-electron chi connectivity index (χ1n) is 9.57. The number of aromatic nitrogens is 3. The first-order chi connectivity index (χ1) is 13.7. The normalized spacial score (nSPS) is 19.9. The van der Waals surface area contributed by atoms with E-state index in [0.717, 1.165) is 58.9 Å². The summed E-state index contributed by atoms with van der Waals surface area (Å²) in [6.45, 7) is 0. The highest BCUT2D eigenvalue weighted by Crippen LogP contribution is 2.35. The smallest absolute Gasteiger partial charge is 0.154 e. The van der Waals surface area contributed by atoms with Crippen LogP contribution in [0.1, 0.15) is 25.7 Å². The minimum atomic E-state index is -0.152. The van der Waals surface area contributed by atoms with Crippen molar-refractivity contribution in [3.8, 4) is 16.3 Å². The Labute approximate surface area is 166 Å². The lowest BCUT2D eigenvalue weighted by molar-refractivity contribution is 0.126. The number of methoxy groups -OCH3 is 1. The van der Waals surface area contributed by atoms with Crippen molar-refractivity contribution in [2.24, 2.45) is 0 Å². The van der Waals surface area contributed by atoms with Crippen LogP contribution in [0.2, 0.25) is 0 Å². The second-order valence-electron chi connectivity index (χ2n) is 7.30. The topological polar surface area (TPSA) is 71.7 Å². The Balaban J connectivity index is 1.48. The summed E-state index contributed by atoms with van der Waals surface area (Å²) < 4.78 is 8.45. The molecular formula is C21H22N4O2S. The van der Waals surface area contributed by atoms with E-state index < -0.39 is 0 Å². The molecule has 3 heterocycles. The van der Waals surface area contributed by atoms with E-state index >= 15 is 0 Å². The van der Waals surface area contributed by atoms with Gasteiger partial charge in [0.05, 0.1) is 24.3 Å². The van der Waals surface area contributed by atoms with Crippen molar-refractivity contribution in [2.45, 2.75) is 37.8 Å². The molecule has 0 bridgehead atoms. The summed E-state index contributed by atoms with van der Waals surface area (Å²) in [7, 11) is 1.68. The number of rotatable bonds is 4. The lowest BCUT2D eigenvalue weighted by Crippen LogP contribution is -2.28. The Morgan fingerprint density at radius 2 is 2.00 bits per heavy atom. The number of aliphatic hydroxyl groups excluding tert-OH is 1. The molecular weight excluding hydrogens is 372 g/mol. The maximum absolute atomic E-state index is 9.70. The van der Waals surface area contributed by atoms with Crippen LogP contribution in [-0.4, -0.2) is 39.0 Å². The number of fused-ring (bicyclic) bond motifs is 2. The van der Waals surface area contributed by atoms with Crippen LogP contribution in [0, 0.1) is 0 Å². The summed E-state index contributed by atoms with van der Waals surface area (Å²) in [5, 5.41) is 19.2. The molecule has 28 heavy (non-hydrogen) atoms. The van der Waals surface area contributed by atoms with E-state index in [-0.39, 0.29) is 6.10 Å². The Morgan fingerprint density at radius 3 is 2.82 bits per heavy atom. The zero-order valence-electron chi connectivity index (χ0n) is 15.6. The van der Waals surface area contributed by atoms with Crippen LogP contribution in [-0.2, 0) is 0 Å². The number of nitrogens with one attached hydrogen (secondary N) is 1. The van der Waals surface area contributed by atoms with Gasteiger partial charge in [-0.1, -0.05) is 0 Å². The van der Waals surface area contributed by atoms with Gasteiger partial charge >= 0.3 is 0 Å². The standard InChI is InChI=1S/C21H22N4O2S/c1-27-16-6-7-18-13(10-16)11-19(28-18)17-12-22-21-9-8-20(24-25(17)21)23-14-2-4-15(26)5-3-14/h6-12,14-15,26H,2-5H2,1H3,(H,23,24). The Kier molecular flexibility index (Phi) is 4.41. The van der Waals surface area contributed by atoms with Crippen molar-refractivity contribution in [1.29, 1.82) is 0 Å². The molecule has 4 aromatic rings. The van der Waals surface area contributed by atoms with Gasteiger partial charge < -0.3 is 15.2 Å². The monoisotopic (exact) mass is 394 g/mol. The molecule has 3 aromatic heterocycles. The highest BCUT2D eigenvalue weighted by Gasteiger charge is 2.20. The van der Waals surface area contributed by atoms with Crippen LogP contribution in [0.3, 0.4) is 0 Å². The first kappa shape index (κ1) is 17.5. The average molecular weight is 395 g/mol. The highest BCUT2D eigenvalue weighted by atomic mass is 32.1.